The minimum absolute atomic E-state index is 0.0699. The fraction of sp³-hybridized carbons (Fsp3) is 0.211. The van der Waals surface area contributed by atoms with E-state index in [9.17, 15) is 18.5 Å². The normalized spacial score (nSPS) is 11.6. The van der Waals surface area contributed by atoms with Crippen LogP contribution in [0.4, 0.5) is 5.69 Å². The SMILES string of the molecule is COc1cc(/C=N\n2c(C)nnc2C)ccc1OS(=O)(=O)c1ccc(C)c([N+](=O)[O-])c1. The number of aromatic nitrogens is 3. The molecule has 0 bridgehead atoms. The summed E-state index contributed by atoms with van der Waals surface area (Å²) in [5.41, 5.74) is 0.631. The summed E-state index contributed by atoms with van der Waals surface area (Å²) >= 11 is 0. The average molecular weight is 445 g/mol. The van der Waals surface area contributed by atoms with Crippen LogP contribution in [0.2, 0.25) is 0 Å². The number of benzene rings is 2. The van der Waals surface area contributed by atoms with Crippen LogP contribution in [-0.2, 0) is 10.1 Å². The predicted molar refractivity (Wildman–Crippen MR) is 111 cm³/mol. The Morgan fingerprint density at radius 1 is 1.06 bits per heavy atom. The Balaban J connectivity index is 1.90. The first-order valence-electron chi connectivity index (χ1n) is 8.93. The highest BCUT2D eigenvalue weighted by molar-refractivity contribution is 7.87. The van der Waals surface area contributed by atoms with Crippen molar-refractivity contribution in [2.24, 2.45) is 5.10 Å². The Bertz CT molecular complexity index is 1260. The Labute approximate surface area is 178 Å². The molecule has 162 valence electrons. The first-order valence-corrected chi connectivity index (χ1v) is 10.3. The smallest absolute Gasteiger partial charge is 0.339 e. The number of methoxy groups -OCH3 is 1. The number of hydrogen-bond donors (Lipinski definition) is 0. The lowest BCUT2D eigenvalue weighted by Crippen LogP contribution is -2.11. The summed E-state index contributed by atoms with van der Waals surface area (Å²) in [5.74, 6) is 1.30. The minimum Gasteiger partial charge on any atom is -0.493 e. The summed E-state index contributed by atoms with van der Waals surface area (Å²) in [4.78, 5) is 10.1. The van der Waals surface area contributed by atoms with Crippen molar-refractivity contribution < 1.29 is 22.3 Å². The molecule has 0 aliphatic heterocycles. The minimum atomic E-state index is -4.33. The summed E-state index contributed by atoms with van der Waals surface area (Å²) in [5, 5.41) is 23.2. The molecule has 1 aromatic heterocycles. The maximum Gasteiger partial charge on any atom is 0.339 e. The molecular weight excluding hydrogens is 426 g/mol. The zero-order chi connectivity index (χ0) is 22.8. The van der Waals surface area contributed by atoms with Gasteiger partial charge in [-0.15, -0.1) is 10.2 Å². The van der Waals surface area contributed by atoms with Gasteiger partial charge in [-0.25, -0.2) is 4.68 Å². The van der Waals surface area contributed by atoms with Gasteiger partial charge in [0.15, 0.2) is 23.1 Å². The van der Waals surface area contributed by atoms with Crippen LogP contribution in [0.5, 0.6) is 11.5 Å². The van der Waals surface area contributed by atoms with Gasteiger partial charge in [0, 0.05) is 11.6 Å². The summed E-state index contributed by atoms with van der Waals surface area (Å²) < 4.78 is 37.3. The lowest BCUT2D eigenvalue weighted by atomic mass is 10.2. The molecule has 3 aromatic rings. The van der Waals surface area contributed by atoms with E-state index in [1.54, 1.807) is 30.7 Å². The van der Waals surface area contributed by atoms with Gasteiger partial charge in [0.05, 0.1) is 18.2 Å². The van der Waals surface area contributed by atoms with E-state index in [0.717, 1.165) is 6.07 Å². The molecule has 11 nitrogen and oxygen atoms in total. The van der Waals surface area contributed by atoms with Gasteiger partial charge in [-0.2, -0.15) is 13.5 Å². The molecule has 2 aromatic carbocycles. The Hall–Kier alpha value is -3.80. The van der Waals surface area contributed by atoms with Gasteiger partial charge < -0.3 is 8.92 Å². The van der Waals surface area contributed by atoms with Crippen molar-refractivity contribution in [1.82, 2.24) is 14.9 Å². The van der Waals surface area contributed by atoms with E-state index >= 15 is 0 Å². The number of rotatable bonds is 7. The van der Waals surface area contributed by atoms with Crippen molar-refractivity contribution in [3.8, 4) is 11.5 Å². The molecule has 0 aliphatic rings. The van der Waals surface area contributed by atoms with E-state index in [1.165, 1.54) is 38.4 Å². The van der Waals surface area contributed by atoms with E-state index in [4.69, 9.17) is 8.92 Å². The van der Waals surface area contributed by atoms with Gasteiger partial charge in [-0.1, -0.05) is 6.07 Å². The van der Waals surface area contributed by atoms with E-state index in [2.05, 4.69) is 15.3 Å². The molecule has 0 radical (unpaired) electrons. The second-order valence-electron chi connectivity index (χ2n) is 6.50. The van der Waals surface area contributed by atoms with Crippen LogP contribution in [-0.4, -0.2) is 41.5 Å². The number of nitro groups is 1. The molecule has 31 heavy (non-hydrogen) atoms. The van der Waals surface area contributed by atoms with Crippen LogP contribution >= 0.6 is 0 Å². The van der Waals surface area contributed by atoms with Crippen LogP contribution in [0.15, 0.2) is 46.4 Å². The number of ether oxygens (including phenoxy) is 1. The van der Waals surface area contributed by atoms with Gasteiger partial charge in [-0.3, -0.25) is 10.1 Å². The van der Waals surface area contributed by atoms with Gasteiger partial charge in [0.25, 0.3) is 5.69 Å². The molecule has 0 atom stereocenters. The maximum atomic E-state index is 12.7. The Morgan fingerprint density at radius 2 is 1.74 bits per heavy atom. The number of nitrogens with zero attached hydrogens (tertiary/aromatic N) is 5. The van der Waals surface area contributed by atoms with Crippen LogP contribution in [0.1, 0.15) is 22.8 Å². The van der Waals surface area contributed by atoms with Crippen molar-refractivity contribution in [1.29, 1.82) is 0 Å². The van der Waals surface area contributed by atoms with E-state index in [-0.39, 0.29) is 22.1 Å². The van der Waals surface area contributed by atoms with E-state index in [1.807, 2.05) is 0 Å². The van der Waals surface area contributed by atoms with Gasteiger partial charge in [0.1, 0.15) is 4.90 Å². The second kappa shape index (κ2) is 8.52. The topological polar surface area (TPSA) is 139 Å². The Kier molecular flexibility index (Phi) is 6.02. The molecule has 0 spiro atoms. The monoisotopic (exact) mass is 445 g/mol. The highest BCUT2D eigenvalue weighted by Crippen LogP contribution is 2.31. The third-order valence-corrected chi connectivity index (χ3v) is 5.56. The molecule has 3 rings (SSSR count). The standard InChI is InChI=1S/C19H19N5O6S/c1-12-5-7-16(10-17(12)24(25)26)31(27,28)30-18-8-6-15(9-19(18)29-4)11-20-23-13(2)21-22-14(23)3/h5-11H,1-4H3/b20-11-. The summed E-state index contributed by atoms with van der Waals surface area (Å²) in [7, 11) is -2.97. The maximum absolute atomic E-state index is 12.7. The van der Waals surface area contributed by atoms with Crippen molar-refractivity contribution in [3.63, 3.8) is 0 Å². The molecule has 1 heterocycles. The van der Waals surface area contributed by atoms with Crippen LogP contribution in [0, 0.1) is 30.9 Å². The van der Waals surface area contributed by atoms with Gasteiger partial charge >= 0.3 is 10.1 Å². The highest BCUT2D eigenvalue weighted by atomic mass is 32.2. The van der Waals surface area contributed by atoms with Crippen molar-refractivity contribution >= 4 is 22.0 Å². The predicted octanol–water partition coefficient (Wildman–Crippen LogP) is 2.77. The zero-order valence-corrected chi connectivity index (χ0v) is 18.0. The van der Waals surface area contributed by atoms with E-state index < -0.39 is 15.0 Å². The summed E-state index contributed by atoms with van der Waals surface area (Å²) in [6.07, 6.45) is 1.54. The average Bonchev–Trinajstić information content (AvgIpc) is 3.04. The van der Waals surface area contributed by atoms with Crippen LogP contribution < -0.4 is 8.92 Å². The van der Waals surface area contributed by atoms with Gasteiger partial charge in [-0.05, 0) is 50.6 Å². The zero-order valence-electron chi connectivity index (χ0n) is 17.1. The lowest BCUT2D eigenvalue weighted by molar-refractivity contribution is -0.385. The first-order chi connectivity index (χ1) is 14.6. The van der Waals surface area contributed by atoms with Crippen molar-refractivity contribution in [2.75, 3.05) is 7.11 Å². The number of nitro benzene ring substituents is 1. The third-order valence-electron chi connectivity index (χ3n) is 4.33. The fourth-order valence-electron chi connectivity index (χ4n) is 2.70. The Morgan fingerprint density at radius 3 is 2.35 bits per heavy atom. The van der Waals surface area contributed by atoms with E-state index in [0.29, 0.717) is 22.8 Å². The molecule has 0 amide bonds. The molecule has 0 saturated carbocycles. The third kappa shape index (κ3) is 4.69. The molecular formula is C19H19N5O6S. The molecule has 0 saturated heterocycles. The molecule has 0 N–H and O–H groups in total. The number of hydrogen-bond acceptors (Lipinski definition) is 9. The molecule has 0 unspecified atom stereocenters. The molecule has 12 heteroatoms. The number of aryl methyl sites for hydroxylation is 3. The van der Waals surface area contributed by atoms with Crippen LogP contribution in [0.3, 0.4) is 0 Å². The van der Waals surface area contributed by atoms with Crippen LogP contribution in [0.25, 0.3) is 0 Å². The molecule has 0 fully saturated rings. The first kappa shape index (κ1) is 21.9. The molecule has 0 aliphatic carbocycles. The summed E-state index contributed by atoms with van der Waals surface area (Å²) in [6, 6.07) is 8.09. The van der Waals surface area contributed by atoms with Gasteiger partial charge in [0.2, 0.25) is 0 Å². The quantitative estimate of drug-likeness (QED) is 0.234. The largest absolute Gasteiger partial charge is 0.493 e. The van der Waals surface area contributed by atoms with Crippen molar-refractivity contribution in [3.05, 3.63) is 69.3 Å². The summed E-state index contributed by atoms with van der Waals surface area (Å²) in [6.45, 7) is 5.03. The van der Waals surface area contributed by atoms with Crippen molar-refractivity contribution in [2.45, 2.75) is 25.7 Å². The lowest BCUT2D eigenvalue weighted by Gasteiger charge is -2.11. The second-order valence-corrected chi connectivity index (χ2v) is 8.05. The highest BCUT2D eigenvalue weighted by Gasteiger charge is 2.23. The fourth-order valence-corrected chi connectivity index (χ4v) is 3.66.